The van der Waals surface area contributed by atoms with Gasteiger partial charge in [0.25, 0.3) is 5.91 Å². The summed E-state index contributed by atoms with van der Waals surface area (Å²) in [5.41, 5.74) is 5.95. The Hall–Kier alpha value is -1.62. The fraction of sp³-hybridized carbons (Fsp3) is 0.455. The first-order valence-electron chi connectivity index (χ1n) is 5.30. The molecule has 0 bridgehead atoms. The maximum atomic E-state index is 12.1. The number of hydrogen-bond donors (Lipinski definition) is 1. The molecule has 0 saturated carbocycles. The third-order valence-electron chi connectivity index (χ3n) is 2.62. The van der Waals surface area contributed by atoms with Gasteiger partial charge in [0.1, 0.15) is 11.5 Å². The van der Waals surface area contributed by atoms with Crippen LogP contribution in [0.25, 0.3) is 0 Å². The first-order valence-corrected chi connectivity index (χ1v) is 5.30. The predicted molar refractivity (Wildman–Crippen MR) is 60.0 cm³/mol. The van der Waals surface area contributed by atoms with Crippen molar-refractivity contribution in [1.82, 2.24) is 9.88 Å². The van der Waals surface area contributed by atoms with Gasteiger partial charge in [0, 0.05) is 6.54 Å². The smallest absolute Gasteiger partial charge is 0.272 e. The lowest BCUT2D eigenvalue weighted by atomic mass is 10.2. The molecule has 1 saturated heterocycles. The zero-order valence-corrected chi connectivity index (χ0v) is 9.22. The third-order valence-corrected chi connectivity index (χ3v) is 2.62. The number of morpholine rings is 1. The zero-order chi connectivity index (χ0) is 11.5. The molecule has 2 rings (SSSR count). The van der Waals surface area contributed by atoms with Crippen LogP contribution in [0.4, 0.5) is 5.82 Å². The van der Waals surface area contributed by atoms with Crippen molar-refractivity contribution in [3.8, 4) is 0 Å². The van der Waals surface area contributed by atoms with E-state index in [4.69, 9.17) is 10.5 Å². The quantitative estimate of drug-likeness (QED) is 0.750. The molecular formula is C11H15N3O2. The van der Waals surface area contributed by atoms with Crippen LogP contribution in [0.3, 0.4) is 0 Å². The molecule has 2 N–H and O–H groups in total. The lowest BCUT2D eigenvalue weighted by Gasteiger charge is -2.33. The molecule has 5 heteroatoms. The fourth-order valence-corrected chi connectivity index (χ4v) is 1.75. The summed E-state index contributed by atoms with van der Waals surface area (Å²) in [6.45, 7) is 3.73. The zero-order valence-electron chi connectivity index (χ0n) is 9.22. The summed E-state index contributed by atoms with van der Waals surface area (Å²) in [5.74, 6) is 0.287. The molecular weight excluding hydrogens is 206 g/mol. The Morgan fingerprint density at radius 2 is 2.44 bits per heavy atom. The van der Waals surface area contributed by atoms with E-state index in [1.165, 1.54) is 0 Å². The highest BCUT2D eigenvalue weighted by atomic mass is 16.5. The first-order chi connectivity index (χ1) is 7.68. The highest BCUT2D eigenvalue weighted by Crippen LogP contribution is 2.11. The molecule has 0 aliphatic carbocycles. The summed E-state index contributed by atoms with van der Waals surface area (Å²) in [7, 11) is 0. The van der Waals surface area contributed by atoms with Crippen LogP contribution in [0.5, 0.6) is 0 Å². The van der Waals surface area contributed by atoms with Gasteiger partial charge in [-0.2, -0.15) is 0 Å². The van der Waals surface area contributed by atoms with E-state index in [0.29, 0.717) is 31.3 Å². The van der Waals surface area contributed by atoms with Gasteiger partial charge >= 0.3 is 0 Å². The van der Waals surface area contributed by atoms with Crippen molar-refractivity contribution in [2.75, 3.05) is 25.5 Å². The van der Waals surface area contributed by atoms with Gasteiger partial charge in [-0.1, -0.05) is 6.07 Å². The average molecular weight is 221 g/mol. The van der Waals surface area contributed by atoms with Crippen molar-refractivity contribution in [1.29, 1.82) is 0 Å². The number of pyridine rings is 1. The van der Waals surface area contributed by atoms with Gasteiger partial charge in [-0.05, 0) is 19.1 Å². The third kappa shape index (κ3) is 2.14. The molecule has 0 unspecified atom stereocenters. The van der Waals surface area contributed by atoms with Gasteiger partial charge in [-0.3, -0.25) is 4.79 Å². The lowest BCUT2D eigenvalue weighted by molar-refractivity contribution is 0.00328. The van der Waals surface area contributed by atoms with E-state index in [2.05, 4.69) is 4.98 Å². The van der Waals surface area contributed by atoms with Gasteiger partial charge in [0.2, 0.25) is 0 Å². The number of anilines is 1. The first kappa shape index (κ1) is 10.9. The maximum Gasteiger partial charge on any atom is 0.272 e. The molecule has 2 heterocycles. The molecule has 5 nitrogen and oxygen atoms in total. The maximum absolute atomic E-state index is 12.1. The monoisotopic (exact) mass is 221 g/mol. The van der Waals surface area contributed by atoms with E-state index >= 15 is 0 Å². The van der Waals surface area contributed by atoms with E-state index < -0.39 is 0 Å². The SMILES string of the molecule is C[C@H]1COCCN1C(=O)c1cccc(N)n1. The summed E-state index contributed by atoms with van der Waals surface area (Å²) < 4.78 is 5.28. The Labute approximate surface area is 94.2 Å². The van der Waals surface area contributed by atoms with Gasteiger partial charge in [0.15, 0.2) is 0 Å². The molecule has 1 amide bonds. The summed E-state index contributed by atoms with van der Waals surface area (Å²) in [6.07, 6.45) is 0. The normalized spacial score (nSPS) is 20.8. The van der Waals surface area contributed by atoms with Gasteiger partial charge in [-0.25, -0.2) is 4.98 Å². The number of nitrogens with zero attached hydrogens (tertiary/aromatic N) is 2. The van der Waals surface area contributed by atoms with Crippen LogP contribution in [0.1, 0.15) is 17.4 Å². The lowest BCUT2D eigenvalue weighted by Crippen LogP contribution is -2.47. The molecule has 1 aliphatic rings. The summed E-state index contributed by atoms with van der Waals surface area (Å²) in [4.78, 5) is 17.9. The number of ether oxygens (including phenoxy) is 1. The van der Waals surface area contributed by atoms with E-state index in [-0.39, 0.29) is 11.9 Å². The number of aromatic nitrogens is 1. The van der Waals surface area contributed by atoms with Crippen LogP contribution in [0.15, 0.2) is 18.2 Å². The molecule has 0 spiro atoms. The van der Waals surface area contributed by atoms with Gasteiger partial charge in [0.05, 0.1) is 19.3 Å². The predicted octanol–water partition coefficient (Wildman–Crippen LogP) is 0.525. The van der Waals surface area contributed by atoms with Crippen LogP contribution in [-0.2, 0) is 4.74 Å². The number of amides is 1. The standard InChI is InChI=1S/C11H15N3O2/c1-8-7-16-6-5-14(8)11(15)9-3-2-4-10(12)13-9/h2-4,8H,5-7H2,1H3,(H2,12,13)/t8-/m0/s1. The second kappa shape index (κ2) is 4.49. The van der Waals surface area contributed by atoms with Crippen LogP contribution < -0.4 is 5.73 Å². The van der Waals surface area contributed by atoms with Gasteiger partial charge < -0.3 is 15.4 Å². The average Bonchev–Trinajstić information content (AvgIpc) is 2.29. The highest BCUT2D eigenvalue weighted by molar-refractivity contribution is 5.92. The summed E-state index contributed by atoms with van der Waals surface area (Å²) >= 11 is 0. The second-order valence-electron chi connectivity index (χ2n) is 3.87. The van der Waals surface area contributed by atoms with Crippen LogP contribution >= 0.6 is 0 Å². The Bertz CT molecular complexity index is 395. The number of hydrogen-bond acceptors (Lipinski definition) is 4. The van der Waals surface area contributed by atoms with E-state index in [1.54, 1.807) is 23.1 Å². The molecule has 1 atom stereocenters. The molecule has 1 aromatic rings. The van der Waals surface area contributed by atoms with E-state index in [1.807, 2.05) is 6.92 Å². The van der Waals surface area contributed by atoms with Crippen LogP contribution in [0, 0.1) is 0 Å². The molecule has 0 aromatic carbocycles. The highest BCUT2D eigenvalue weighted by Gasteiger charge is 2.25. The minimum Gasteiger partial charge on any atom is -0.384 e. The van der Waals surface area contributed by atoms with Crippen LogP contribution in [-0.4, -0.2) is 41.6 Å². The van der Waals surface area contributed by atoms with Crippen molar-refractivity contribution in [3.05, 3.63) is 23.9 Å². The molecule has 1 aliphatic heterocycles. The van der Waals surface area contributed by atoms with Crippen molar-refractivity contribution >= 4 is 11.7 Å². The van der Waals surface area contributed by atoms with Crippen molar-refractivity contribution in [3.63, 3.8) is 0 Å². The minimum atomic E-state index is -0.0805. The Morgan fingerprint density at radius 3 is 3.12 bits per heavy atom. The van der Waals surface area contributed by atoms with Crippen molar-refractivity contribution in [2.24, 2.45) is 0 Å². The Balaban J connectivity index is 2.17. The minimum absolute atomic E-state index is 0.0805. The Kier molecular flexibility index (Phi) is 3.05. The fourth-order valence-electron chi connectivity index (χ4n) is 1.75. The number of carbonyl (C=O) groups is 1. The van der Waals surface area contributed by atoms with E-state index in [0.717, 1.165) is 0 Å². The number of nitrogen functional groups attached to an aromatic ring is 1. The van der Waals surface area contributed by atoms with E-state index in [9.17, 15) is 4.79 Å². The van der Waals surface area contributed by atoms with Gasteiger partial charge in [-0.15, -0.1) is 0 Å². The van der Waals surface area contributed by atoms with Crippen molar-refractivity contribution in [2.45, 2.75) is 13.0 Å². The summed E-state index contributed by atoms with van der Waals surface area (Å²) in [5, 5.41) is 0. The number of nitrogens with two attached hydrogens (primary N) is 1. The molecule has 0 radical (unpaired) electrons. The molecule has 86 valence electrons. The largest absolute Gasteiger partial charge is 0.384 e. The van der Waals surface area contributed by atoms with Crippen molar-refractivity contribution < 1.29 is 9.53 Å². The van der Waals surface area contributed by atoms with Crippen LogP contribution in [0.2, 0.25) is 0 Å². The molecule has 16 heavy (non-hydrogen) atoms. The summed E-state index contributed by atoms with van der Waals surface area (Å²) in [6, 6.07) is 5.17. The molecule has 1 aromatic heterocycles. The topological polar surface area (TPSA) is 68.5 Å². The molecule has 1 fully saturated rings. The number of rotatable bonds is 1. The number of carbonyl (C=O) groups excluding carboxylic acids is 1. The Morgan fingerprint density at radius 1 is 1.62 bits per heavy atom. The second-order valence-corrected chi connectivity index (χ2v) is 3.87.